The van der Waals surface area contributed by atoms with Crippen LogP contribution < -0.4 is 27.0 Å². The largest absolute Gasteiger partial charge is 0.469 e. The standard InChI is InChI=1S/C67H91BrFN11O15/c1-46-22-27-55(68)76-64(46)77-65(88)53-38-67(39-54(67)80(53)60(85)42-79-52-26-23-47(37-50(52)62(78-79)63(70)87)24-28-56-72-40-48(69)41-73-56)45-74-59(84)44-95-36-33-92-31-18-19-49(81)43-94-35-34-93-32-30-71-57(82)29-25-51(66(89)91-3)75-58(83)20-16-14-12-10-8-6-4-5-7-9-11-13-15-17-21-61(86)90-2/h22-23,26-27,37,40-41,51,53-54H,4-21,25,29-36,38-39,42-45H2,1-3H3,(H2,70,87)(H,71,82)(H,74,84)(H,75,83)(H,76,77,88)/t51-,53-,54+,67-/m0/s1. The number of ether oxygens (including phenoxy) is 6. The molecule has 3 aromatic heterocycles. The fourth-order valence-electron chi connectivity index (χ4n) is 11.2. The van der Waals surface area contributed by atoms with E-state index in [0.717, 1.165) is 57.3 Å². The number of fused-ring (bicyclic) bond motifs is 2. The summed E-state index contributed by atoms with van der Waals surface area (Å²) >= 11 is 3.35. The molecule has 4 aromatic rings. The zero-order valence-corrected chi connectivity index (χ0v) is 56.3. The van der Waals surface area contributed by atoms with Gasteiger partial charge in [-0.3, -0.25) is 43.0 Å². The van der Waals surface area contributed by atoms with Crippen LogP contribution in [0.25, 0.3) is 10.9 Å². The first kappa shape index (κ1) is 76.2. The molecule has 6 amide bonds. The van der Waals surface area contributed by atoms with Crippen molar-refractivity contribution in [2.75, 3.05) is 85.5 Å². The minimum atomic E-state index is -0.950. The summed E-state index contributed by atoms with van der Waals surface area (Å²) in [5, 5.41) is 16.0. The number of methoxy groups -OCH3 is 2. The maximum absolute atomic E-state index is 14.4. The molecule has 1 aromatic carbocycles. The van der Waals surface area contributed by atoms with Crippen LogP contribution in [0, 0.1) is 30.0 Å². The third-order valence-electron chi connectivity index (χ3n) is 16.5. The molecular formula is C67H91BrFN11O15. The first-order valence-electron chi connectivity index (χ1n) is 32.8. The lowest BCUT2D eigenvalue weighted by Gasteiger charge is -2.27. The number of nitrogens with two attached hydrogens (primary N) is 1. The van der Waals surface area contributed by atoms with E-state index in [-0.39, 0.29) is 133 Å². The highest BCUT2D eigenvalue weighted by Gasteiger charge is 2.67. The van der Waals surface area contributed by atoms with Gasteiger partial charge in [0.05, 0.1) is 65.2 Å². The van der Waals surface area contributed by atoms with Crippen molar-refractivity contribution in [2.24, 2.45) is 11.1 Å². The van der Waals surface area contributed by atoms with E-state index in [0.29, 0.717) is 58.1 Å². The number of likely N-dealkylation sites (tertiary alicyclic amines) is 1. The van der Waals surface area contributed by atoms with Gasteiger partial charge >= 0.3 is 11.9 Å². The third-order valence-corrected chi connectivity index (χ3v) is 16.9. The number of hydrogen-bond acceptors (Lipinski definition) is 19. The van der Waals surface area contributed by atoms with Crippen molar-refractivity contribution in [2.45, 2.75) is 173 Å². The molecule has 26 nitrogen and oxygen atoms in total. The molecule has 95 heavy (non-hydrogen) atoms. The summed E-state index contributed by atoms with van der Waals surface area (Å²) in [6.45, 7) is 2.58. The van der Waals surface area contributed by atoms with Crippen molar-refractivity contribution < 1.29 is 76.0 Å². The van der Waals surface area contributed by atoms with Crippen LogP contribution in [0.2, 0.25) is 0 Å². The van der Waals surface area contributed by atoms with Crippen molar-refractivity contribution in [3.8, 4) is 11.8 Å². The number of nitrogens with one attached hydrogen (secondary N) is 4. The number of primary amides is 1. The number of esters is 2. The number of Topliss-reactive ketones (excluding diaryl/α,β-unsaturated/α-hetero) is 1. The Morgan fingerprint density at radius 1 is 0.705 bits per heavy atom. The average molecular weight is 1390 g/mol. The number of hydrogen-bond donors (Lipinski definition) is 5. The SMILES string of the molecule is COC(=O)CCCCCCCCCCCCCCCCC(=O)N[C@@H](CCC(=O)NCCOCCOCC(=O)CCCOCCOCC(=O)NC[C@@]12C[C@@H](C(=O)Nc3nc(Br)ccc3C)N(C(=O)Cn3nc(C(N)=O)c4cc(C#Cc5ncc(F)cn5)ccc43)[C@@H]1C2)C(=O)OC. The number of halogens is 2. The summed E-state index contributed by atoms with van der Waals surface area (Å²) in [4.78, 5) is 129. The predicted molar refractivity (Wildman–Crippen MR) is 350 cm³/mol. The normalized spacial score (nSPS) is 15.7. The van der Waals surface area contributed by atoms with Crippen molar-refractivity contribution >= 4 is 85.8 Å². The van der Waals surface area contributed by atoms with Crippen molar-refractivity contribution in [3.63, 3.8) is 0 Å². The Labute approximate surface area is 562 Å². The first-order valence-corrected chi connectivity index (χ1v) is 33.5. The van der Waals surface area contributed by atoms with Crippen LogP contribution in [0.3, 0.4) is 0 Å². The highest BCUT2D eigenvalue weighted by molar-refractivity contribution is 9.10. The number of rotatable bonds is 46. The molecule has 28 heteroatoms. The van der Waals surface area contributed by atoms with E-state index >= 15 is 0 Å². The Morgan fingerprint density at radius 2 is 1.35 bits per heavy atom. The molecule has 0 radical (unpaired) electrons. The van der Waals surface area contributed by atoms with Crippen LogP contribution in [0.15, 0.2) is 47.3 Å². The molecule has 1 aliphatic heterocycles. The van der Waals surface area contributed by atoms with Crippen LogP contribution in [-0.2, 0) is 73.3 Å². The molecular weight excluding hydrogens is 1300 g/mol. The van der Waals surface area contributed by atoms with Crippen molar-refractivity contribution in [1.82, 2.24) is 45.6 Å². The summed E-state index contributed by atoms with van der Waals surface area (Å²) < 4.78 is 46.8. The number of anilines is 1. The van der Waals surface area contributed by atoms with Gasteiger partial charge in [-0.15, -0.1) is 0 Å². The number of nitrogens with zero attached hydrogens (tertiary/aromatic N) is 6. The molecule has 6 N–H and O–H groups in total. The van der Waals surface area contributed by atoms with Gasteiger partial charge < -0.3 is 60.3 Å². The number of ketones is 1. The van der Waals surface area contributed by atoms with E-state index < -0.39 is 59.0 Å². The van der Waals surface area contributed by atoms with Crippen molar-refractivity contribution in [3.05, 3.63) is 75.8 Å². The van der Waals surface area contributed by atoms with E-state index in [1.165, 1.54) is 68.7 Å². The van der Waals surface area contributed by atoms with Gasteiger partial charge in [0.2, 0.25) is 35.4 Å². The third kappa shape index (κ3) is 26.7. The molecule has 1 saturated heterocycles. The zero-order valence-electron chi connectivity index (χ0n) is 54.7. The van der Waals surface area contributed by atoms with Crippen LogP contribution >= 0.6 is 15.9 Å². The number of piperidine rings is 1. The zero-order chi connectivity index (χ0) is 68.4. The molecule has 0 bridgehead atoms. The molecule has 6 rings (SSSR count). The summed E-state index contributed by atoms with van der Waals surface area (Å²) in [5.41, 5.74) is 6.57. The lowest BCUT2D eigenvalue weighted by Crippen LogP contribution is -2.47. The molecule has 4 heterocycles. The maximum atomic E-state index is 14.4. The highest BCUT2D eigenvalue weighted by atomic mass is 79.9. The summed E-state index contributed by atoms with van der Waals surface area (Å²) in [5.74, 6) is 1.81. The van der Waals surface area contributed by atoms with Gasteiger partial charge in [0.25, 0.3) is 5.91 Å². The minimum Gasteiger partial charge on any atom is -0.469 e. The minimum absolute atomic E-state index is 0.00117. The molecule has 1 aliphatic carbocycles. The van der Waals surface area contributed by atoms with E-state index in [9.17, 15) is 47.5 Å². The van der Waals surface area contributed by atoms with Gasteiger partial charge in [-0.05, 0) is 97.1 Å². The van der Waals surface area contributed by atoms with Gasteiger partial charge in [-0.1, -0.05) is 89.0 Å². The molecule has 2 aliphatic rings. The number of pyridine rings is 1. The Morgan fingerprint density at radius 3 is 2.01 bits per heavy atom. The van der Waals surface area contributed by atoms with Crippen LogP contribution in [0.1, 0.15) is 169 Å². The lowest BCUT2D eigenvalue weighted by molar-refractivity contribution is -0.145. The molecule has 2 fully saturated rings. The maximum Gasteiger partial charge on any atom is 0.328 e. The predicted octanol–water partition coefficient (Wildman–Crippen LogP) is 6.43. The highest BCUT2D eigenvalue weighted by Crippen LogP contribution is 2.59. The number of carbonyl (C=O) groups is 9. The molecule has 1 saturated carbocycles. The molecule has 0 spiro atoms. The average Bonchev–Trinajstić information content (AvgIpc) is 1.54. The second-order valence-corrected chi connectivity index (χ2v) is 24.6. The van der Waals surface area contributed by atoms with Crippen LogP contribution in [0.4, 0.5) is 10.2 Å². The topological polar surface area (TPSA) is 343 Å². The van der Waals surface area contributed by atoms with Gasteiger partial charge in [-0.25, -0.2) is 24.1 Å². The number of unbranched alkanes of at least 4 members (excludes halogenated alkanes) is 13. The smallest absolute Gasteiger partial charge is 0.328 e. The van der Waals surface area contributed by atoms with Gasteiger partial charge in [0.15, 0.2) is 17.3 Å². The Kier molecular flexibility index (Phi) is 33.0. The molecule has 0 unspecified atom stereocenters. The number of aromatic nitrogens is 5. The summed E-state index contributed by atoms with van der Waals surface area (Å²) in [7, 11) is 2.67. The van der Waals surface area contributed by atoms with E-state index in [4.69, 9.17) is 29.4 Å². The van der Waals surface area contributed by atoms with Crippen molar-refractivity contribution in [1.29, 1.82) is 0 Å². The quantitative estimate of drug-likeness (QED) is 0.0138. The second-order valence-electron chi connectivity index (χ2n) is 23.8. The monoisotopic (exact) mass is 1390 g/mol. The summed E-state index contributed by atoms with van der Waals surface area (Å²) in [6.07, 6.45) is 19.8. The number of aryl methyl sites for hydroxylation is 1. The Bertz CT molecular complexity index is 3270. The second kappa shape index (κ2) is 41.2. The number of benzene rings is 1. The van der Waals surface area contributed by atoms with E-state index in [2.05, 4.69) is 73.8 Å². The Hall–Kier alpha value is -7.84. The number of amides is 6. The number of carbonyl (C=O) groups excluding carboxylic acids is 9. The molecule has 4 atom stereocenters. The van der Waals surface area contributed by atoms with Gasteiger partial charge in [-0.2, -0.15) is 5.10 Å². The fraction of sp³-hybridized carbons (Fsp3) is 0.597. The lowest BCUT2D eigenvalue weighted by atomic mass is 9.99. The first-order chi connectivity index (χ1) is 45.9. The molecule has 518 valence electrons. The van der Waals surface area contributed by atoms with E-state index in [1.807, 2.05) is 0 Å². The van der Waals surface area contributed by atoms with Gasteiger partial charge in [0, 0.05) is 67.8 Å². The Balaban J connectivity index is 0.781. The van der Waals surface area contributed by atoms with Gasteiger partial charge in [0.1, 0.15) is 42.3 Å². The summed E-state index contributed by atoms with van der Waals surface area (Å²) in [6, 6.07) is 6.10. The van der Waals surface area contributed by atoms with Crippen LogP contribution in [0.5, 0.6) is 0 Å². The van der Waals surface area contributed by atoms with E-state index in [1.54, 1.807) is 37.3 Å². The van der Waals surface area contributed by atoms with Crippen LogP contribution in [-0.4, -0.2) is 181 Å². The fourth-order valence-corrected chi connectivity index (χ4v) is 11.5.